The maximum absolute atomic E-state index is 13.1. The highest BCUT2D eigenvalue weighted by Gasteiger charge is 2.27. The Bertz CT molecular complexity index is 995. The van der Waals surface area contributed by atoms with Gasteiger partial charge in [-0.25, -0.2) is 8.70 Å². The molecular weight excluding hydrogens is 445 g/mol. The minimum absolute atomic E-state index is 0.231. The number of carbonyl (C=O) groups is 1. The molecule has 1 heterocycles. The van der Waals surface area contributed by atoms with Crippen LogP contribution in [0.3, 0.4) is 0 Å². The van der Waals surface area contributed by atoms with Crippen molar-refractivity contribution in [3.05, 3.63) is 60.4 Å². The number of rotatable bonds is 10. The summed E-state index contributed by atoms with van der Waals surface area (Å²) in [5, 5.41) is 2.84. The quantitative estimate of drug-likeness (QED) is 0.528. The Morgan fingerprint density at radius 2 is 1.64 bits per heavy atom. The van der Waals surface area contributed by atoms with E-state index in [2.05, 4.69) is 15.1 Å². The van der Waals surface area contributed by atoms with Crippen LogP contribution in [0.15, 0.2) is 54.6 Å². The summed E-state index contributed by atoms with van der Waals surface area (Å²) in [5.74, 6) is -0.573. The zero-order chi connectivity index (χ0) is 23.8. The summed E-state index contributed by atoms with van der Waals surface area (Å²) in [4.78, 5) is 17.1. The average molecular weight is 478 g/mol. The maximum Gasteiger partial charge on any atom is 0.304 e. The van der Waals surface area contributed by atoms with E-state index in [0.29, 0.717) is 12.2 Å². The summed E-state index contributed by atoms with van der Waals surface area (Å²) in [6.45, 7) is 4.57. The fraction of sp³-hybridized carbons (Fsp3) is 0.435. The lowest BCUT2D eigenvalue weighted by molar-refractivity contribution is -0.119. The number of benzene rings is 2. The second-order valence-electron chi connectivity index (χ2n) is 8.14. The van der Waals surface area contributed by atoms with E-state index >= 15 is 0 Å². The van der Waals surface area contributed by atoms with Crippen LogP contribution >= 0.6 is 0 Å². The first kappa shape index (κ1) is 24.9. The van der Waals surface area contributed by atoms with Crippen molar-refractivity contribution in [2.45, 2.75) is 6.42 Å². The van der Waals surface area contributed by atoms with E-state index in [1.165, 1.54) is 26.2 Å². The van der Waals surface area contributed by atoms with Crippen LogP contribution in [0, 0.1) is 5.82 Å². The summed E-state index contributed by atoms with van der Waals surface area (Å²) in [5.41, 5.74) is 1.47. The molecule has 33 heavy (non-hydrogen) atoms. The Morgan fingerprint density at radius 1 is 1.00 bits per heavy atom. The highest BCUT2D eigenvalue weighted by atomic mass is 32.2. The molecule has 0 aromatic heterocycles. The molecule has 10 heteroatoms. The number of halogens is 1. The van der Waals surface area contributed by atoms with Crippen molar-refractivity contribution in [2.75, 3.05) is 69.1 Å². The van der Waals surface area contributed by atoms with Gasteiger partial charge in [0.25, 0.3) is 0 Å². The predicted molar refractivity (Wildman–Crippen MR) is 129 cm³/mol. The fourth-order valence-corrected chi connectivity index (χ4v) is 4.76. The third-order valence-corrected chi connectivity index (χ3v) is 7.43. The normalized spacial score (nSPS) is 15.0. The van der Waals surface area contributed by atoms with E-state index in [0.717, 1.165) is 53.4 Å². The van der Waals surface area contributed by atoms with E-state index in [9.17, 15) is 17.6 Å². The molecule has 0 saturated carbocycles. The lowest BCUT2D eigenvalue weighted by atomic mass is 10.2. The number of nitrogens with zero attached hydrogens (tertiary/aromatic N) is 4. The van der Waals surface area contributed by atoms with E-state index in [1.54, 1.807) is 42.5 Å². The molecule has 1 fully saturated rings. The SMILES string of the molecule is CN(C)S(=O)(=O)N(CC(=O)NCCCN1CCN(c2ccc(F)cc2)CC1)c1ccccc1. The molecule has 0 spiro atoms. The third-order valence-electron chi connectivity index (χ3n) is 5.61. The molecule has 1 saturated heterocycles. The fourth-order valence-electron chi connectivity index (χ4n) is 3.70. The van der Waals surface area contributed by atoms with E-state index < -0.39 is 10.2 Å². The van der Waals surface area contributed by atoms with Crippen LogP contribution in [0.5, 0.6) is 0 Å². The van der Waals surface area contributed by atoms with Crippen LogP contribution in [0.1, 0.15) is 6.42 Å². The molecule has 0 atom stereocenters. The van der Waals surface area contributed by atoms with Gasteiger partial charge in [0.15, 0.2) is 0 Å². The van der Waals surface area contributed by atoms with Crippen molar-refractivity contribution >= 4 is 27.5 Å². The number of anilines is 2. The smallest absolute Gasteiger partial charge is 0.304 e. The molecule has 0 unspecified atom stereocenters. The summed E-state index contributed by atoms with van der Waals surface area (Å²) in [6, 6.07) is 15.2. The van der Waals surface area contributed by atoms with Crippen molar-refractivity contribution in [1.82, 2.24) is 14.5 Å². The molecule has 180 valence electrons. The summed E-state index contributed by atoms with van der Waals surface area (Å²) in [6.07, 6.45) is 0.772. The minimum Gasteiger partial charge on any atom is -0.369 e. The number of amides is 1. The number of piperazine rings is 1. The monoisotopic (exact) mass is 477 g/mol. The van der Waals surface area contributed by atoms with Gasteiger partial charge in [0.2, 0.25) is 5.91 Å². The van der Waals surface area contributed by atoms with Crippen LogP contribution in [0.25, 0.3) is 0 Å². The molecule has 1 amide bonds. The van der Waals surface area contributed by atoms with Gasteiger partial charge in [-0.3, -0.25) is 9.69 Å². The van der Waals surface area contributed by atoms with Crippen LogP contribution in [0.4, 0.5) is 15.8 Å². The average Bonchev–Trinajstić information content (AvgIpc) is 2.81. The number of carbonyl (C=O) groups excluding carboxylic acids is 1. The lowest BCUT2D eigenvalue weighted by Gasteiger charge is -2.36. The van der Waals surface area contributed by atoms with Crippen molar-refractivity contribution in [1.29, 1.82) is 0 Å². The van der Waals surface area contributed by atoms with Crippen molar-refractivity contribution < 1.29 is 17.6 Å². The molecule has 0 radical (unpaired) electrons. The first-order valence-corrected chi connectivity index (χ1v) is 12.4. The highest BCUT2D eigenvalue weighted by Crippen LogP contribution is 2.19. The summed E-state index contributed by atoms with van der Waals surface area (Å²) >= 11 is 0. The van der Waals surface area contributed by atoms with Gasteiger partial charge in [-0.1, -0.05) is 18.2 Å². The summed E-state index contributed by atoms with van der Waals surface area (Å²) in [7, 11) is -0.906. The Balaban J connectivity index is 1.42. The number of para-hydroxylation sites is 1. The van der Waals surface area contributed by atoms with Crippen molar-refractivity contribution in [3.63, 3.8) is 0 Å². The second kappa shape index (κ2) is 11.4. The van der Waals surface area contributed by atoms with Crippen molar-refractivity contribution in [2.24, 2.45) is 0 Å². The number of hydrogen-bond donors (Lipinski definition) is 1. The third kappa shape index (κ3) is 6.89. The molecule has 0 bridgehead atoms. The highest BCUT2D eigenvalue weighted by molar-refractivity contribution is 7.90. The Kier molecular flexibility index (Phi) is 8.65. The first-order valence-electron chi connectivity index (χ1n) is 11.0. The molecule has 1 N–H and O–H groups in total. The van der Waals surface area contributed by atoms with E-state index in [-0.39, 0.29) is 18.3 Å². The maximum atomic E-state index is 13.1. The Hall–Kier alpha value is -2.69. The largest absolute Gasteiger partial charge is 0.369 e. The Labute approximate surface area is 195 Å². The topological polar surface area (TPSA) is 76.2 Å². The van der Waals surface area contributed by atoms with Gasteiger partial charge in [0, 0.05) is 52.5 Å². The van der Waals surface area contributed by atoms with Gasteiger partial charge in [-0.15, -0.1) is 0 Å². The molecule has 0 aliphatic carbocycles. The van der Waals surface area contributed by atoms with Gasteiger partial charge >= 0.3 is 10.2 Å². The van der Waals surface area contributed by atoms with Crippen LogP contribution in [-0.2, 0) is 15.0 Å². The number of nitrogens with one attached hydrogen (secondary N) is 1. The number of hydrogen-bond acceptors (Lipinski definition) is 5. The van der Waals surface area contributed by atoms with Gasteiger partial charge in [-0.05, 0) is 49.4 Å². The van der Waals surface area contributed by atoms with Crippen LogP contribution in [0.2, 0.25) is 0 Å². The van der Waals surface area contributed by atoms with Gasteiger partial charge in [0.05, 0.1) is 5.69 Å². The molecule has 2 aromatic carbocycles. The predicted octanol–water partition coefficient (Wildman–Crippen LogP) is 1.77. The second-order valence-corrected chi connectivity index (χ2v) is 10.2. The minimum atomic E-state index is -3.79. The molecule has 1 aliphatic heterocycles. The summed E-state index contributed by atoms with van der Waals surface area (Å²) < 4.78 is 40.7. The van der Waals surface area contributed by atoms with Crippen LogP contribution in [-0.4, -0.2) is 83.4 Å². The zero-order valence-electron chi connectivity index (χ0n) is 19.2. The van der Waals surface area contributed by atoms with Gasteiger partial charge in [0.1, 0.15) is 12.4 Å². The first-order chi connectivity index (χ1) is 15.8. The molecular formula is C23H32FN5O3S. The van der Waals surface area contributed by atoms with E-state index in [4.69, 9.17) is 0 Å². The lowest BCUT2D eigenvalue weighted by Crippen LogP contribution is -2.47. The molecule has 1 aliphatic rings. The van der Waals surface area contributed by atoms with Gasteiger partial charge < -0.3 is 10.2 Å². The Morgan fingerprint density at radius 3 is 2.24 bits per heavy atom. The molecule has 8 nitrogen and oxygen atoms in total. The van der Waals surface area contributed by atoms with Crippen LogP contribution < -0.4 is 14.5 Å². The zero-order valence-corrected chi connectivity index (χ0v) is 20.0. The van der Waals surface area contributed by atoms with Crippen molar-refractivity contribution in [3.8, 4) is 0 Å². The molecule has 3 rings (SSSR count). The van der Waals surface area contributed by atoms with Gasteiger partial charge in [-0.2, -0.15) is 12.7 Å². The standard InChI is InChI=1S/C23H32FN5O3S/c1-26(2)33(31,32)29(22-7-4-3-5-8-22)19-23(30)25-13-6-14-27-15-17-28(18-16-27)21-11-9-20(24)10-12-21/h3-5,7-12H,6,13-19H2,1-2H3,(H,25,30). The molecule has 2 aromatic rings. The van der Waals surface area contributed by atoms with E-state index in [1.807, 2.05) is 0 Å².